The van der Waals surface area contributed by atoms with Gasteiger partial charge in [0.25, 0.3) is 11.8 Å². The Morgan fingerprint density at radius 2 is 1.61 bits per heavy atom. The highest BCUT2D eigenvalue weighted by atomic mass is 32.2. The summed E-state index contributed by atoms with van der Waals surface area (Å²) in [5.41, 5.74) is 2.14. The van der Waals surface area contributed by atoms with Crippen LogP contribution in [0.3, 0.4) is 0 Å². The number of imide groups is 1. The third-order valence-electron chi connectivity index (χ3n) is 4.43. The van der Waals surface area contributed by atoms with Crippen LogP contribution in [-0.4, -0.2) is 17.6 Å². The number of carbonyl (C=O) groups excluding carboxylic acids is 2. The summed E-state index contributed by atoms with van der Waals surface area (Å²) in [6.07, 6.45) is -4.48. The minimum Gasteiger partial charge on any atom is -0.268 e. The molecule has 0 unspecified atom stereocenters. The molecule has 0 atom stereocenters. The van der Waals surface area contributed by atoms with Crippen molar-refractivity contribution in [2.24, 2.45) is 0 Å². The number of rotatable bonds is 4. The number of benzene rings is 2. The van der Waals surface area contributed by atoms with E-state index in [1.54, 1.807) is 6.07 Å². The highest BCUT2D eigenvalue weighted by Gasteiger charge is 2.40. The molecular weight excluding hydrogens is 387 g/mol. The van der Waals surface area contributed by atoms with Crippen molar-refractivity contribution < 1.29 is 22.8 Å². The van der Waals surface area contributed by atoms with Gasteiger partial charge in [0.2, 0.25) is 0 Å². The van der Waals surface area contributed by atoms with Crippen molar-refractivity contribution in [1.29, 1.82) is 0 Å². The van der Waals surface area contributed by atoms with Crippen LogP contribution in [0.25, 0.3) is 5.57 Å². The fraction of sp³-hybridized carbons (Fsp3) is 0.238. The van der Waals surface area contributed by atoms with Crippen LogP contribution < -0.4 is 4.90 Å². The number of nitrogens with zero attached hydrogens (tertiary/aromatic N) is 1. The minimum atomic E-state index is -4.48. The van der Waals surface area contributed by atoms with E-state index in [-0.39, 0.29) is 5.69 Å². The molecule has 0 fully saturated rings. The molecule has 0 saturated carbocycles. The van der Waals surface area contributed by atoms with E-state index in [1.165, 1.54) is 11.8 Å². The van der Waals surface area contributed by atoms with Crippen molar-refractivity contribution in [2.45, 2.75) is 26.9 Å². The Hall–Kier alpha value is -2.54. The number of anilines is 1. The first-order chi connectivity index (χ1) is 13.1. The Morgan fingerprint density at radius 3 is 2.14 bits per heavy atom. The highest BCUT2D eigenvalue weighted by molar-refractivity contribution is 8.04. The second kappa shape index (κ2) is 7.47. The first-order valence-electron chi connectivity index (χ1n) is 8.66. The van der Waals surface area contributed by atoms with Crippen LogP contribution in [0.5, 0.6) is 0 Å². The zero-order valence-corrected chi connectivity index (χ0v) is 16.4. The van der Waals surface area contributed by atoms with Gasteiger partial charge in [-0.05, 0) is 55.0 Å². The first-order valence-corrected chi connectivity index (χ1v) is 9.64. The second-order valence-corrected chi connectivity index (χ2v) is 7.72. The van der Waals surface area contributed by atoms with Gasteiger partial charge in [0.05, 0.1) is 21.7 Å². The molecule has 1 heterocycles. The predicted molar refractivity (Wildman–Crippen MR) is 105 cm³/mol. The number of alkyl halides is 3. The molecule has 7 heteroatoms. The average Bonchev–Trinajstić information content (AvgIpc) is 2.85. The van der Waals surface area contributed by atoms with E-state index in [1.807, 2.05) is 32.9 Å². The molecule has 3 nitrogen and oxygen atoms in total. The number of hydrogen-bond donors (Lipinski definition) is 0. The van der Waals surface area contributed by atoms with Crippen molar-refractivity contribution in [3.63, 3.8) is 0 Å². The zero-order chi connectivity index (χ0) is 20.6. The van der Waals surface area contributed by atoms with Crippen LogP contribution in [0.2, 0.25) is 0 Å². The fourth-order valence-corrected chi connectivity index (χ4v) is 4.00. The minimum absolute atomic E-state index is 0.122. The Morgan fingerprint density at radius 1 is 0.964 bits per heavy atom. The topological polar surface area (TPSA) is 37.4 Å². The van der Waals surface area contributed by atoms with Crippen LogP contribution in [0.15, 0.2) is 47.4 Å². The smallest absolute Gasteiger partial charge is 0.268 e. The molecular formula is C21H18F3NO2S. The van der Waals surface area contributed by atoms with E-state index in [0.717, 1.165) is 40.3 Å². The van der Waals surface area contributed by atoms with Crippen molar-refractivity contribution >= 4 is 34.8 Å². The van der Waals surface area contributed by atoms with Crippen molar-refractivity contribution in [3.05, 3.63) is 69.6 Å². The molecule has 146 valence electrons. The van der Waals surface area contributed by atoms with Crippen LogP contribution in [0.1, 0.15) is 29.2 Å². The van der Waals surface area contributed by atoms with Crippen LogP contribution >= 0.6 is 11.8 Å². The molecule has 0 bridgehead atoms. The molecule has 0 radical (unpaired) electrons. The fourth-order valence-electron chi connectivity index (χ4n) is 3.15. The average molecular weight is 405 g/mol. The molecule has 3 rings (SSSR count). The zero-order valence-electron chi connectivity index (χ0n) is 15.6. The largest absolute Gasteiger partial charge is 0.416 e. The van der Waals surface area contributed by atoms with Crippen LogP contribution in [0, 0.1) is 13.8 Å². The summed E-state index contributed by atoms with van der Waals surface area (Å²) in [5, 5.41) is 0. The molecule has 0 saturated heterocycles. The van der Waals surface area contributed by atoms with Crippen LogP contribution in [0.4, 0.5) is 18.9 Å². The van der Waals surface area contributed by atoms with E-state index in [2.05, 4.69) is 0 Å². The quantitative estimate of drug-likeness (QED) is 0.643. The lowest BCUT2D eigenvalue weighted by Gasteiger charge is -2.16. The Bertz CT molecular complexity index is 978. The summed E-state index contributed by atoms with van der Waals surface area (Å²) >= 11 is 1.26. The monoisotopic (exact) mass is 405 g/mol. The molecule has 0 aromatic heterocycles. The number of thioether (sulfide) groups is 1. The lowest BCUT2D eigenvalue weighted by atomic mass is 9.98. The third kappa shape index (κ3) is 3.58. The summed E-state index contributed by atoms with van der Waals surface area (Å²) in [5.74, 6) is -0.442. The molecule has 0 aliphatic carbocycles. The summed E-state index contributed by atoms with van der Waals surface area (Å²) in [4.78, 5) is 27.4. The Balaban J connectivity index is 2.06. The molecule has 28 heavy (non-hydrogen) atoms. The lowest BCUT2D eigenvalue weighted by Crippen LogP contribution is -2.31. The van der Waals surface area contributed by atoms with Crippen LogP contribution in [-0.2, 0) is 15.8 Å². The Labute approximate surface area is 165 Å². The van der Waals surface area contributed by atoms with E-state index >= 15 is 0 Å². The maximum atomic E-state index is 13.1. The molecule has 0 spiro atoms. The number of aryl methyl sites for hydroxylation is 2. The van der Waals surface area contributed by atoms with Gasteiger partial charge in [-0.1, -0.05) is 30.7 Å². The van der Waals surface area contributed by atoms with Crippen molar-refractivity contribution in [2.75, 3.05) is 10.7 Å². The molecule has 1 aliphatic rings. The molecule has 1 aliphatic heterocycles. The number of carbonyl (C=O) groups is 2. The van der Waals surface area contributed by atoms with E-state index < -0.39 is 23.6 Å². The van der Waals surface area contributed by atoms with E-state index in [0.29, 0.717) is 21.8 Å². The standard InChI is InChI=1S/C21H18F3NO2S/c1-4-28-18-17(16-10-5-12(2)11-13(16)3)19(26)25(20(18)27)15-8-6-14(7-9-15)21(22,23)24/h5-11H,4H2,1-3H3. The highest BCUT2D eigenvalue weighted by Crippen LogP contribution is 2.40. The predicted octanol–water partition coefficient (Wildman–Crippen LogP) is 5.36. The third-order valence-corrected chi connectivity index (χ3v) is 5.39. The van der Waals surface area contributed by atoms with E-state index in [4.69, 9.17) is 0 Å². The van der Waals surface area contributed by atoms with Gasteiger partial charge < -0.3 is 0 Å². The summed E-state index contributed by atoms with van der Waals surface area (Å²) < 4.78 is 38.4. The number of hydrogen-bond acceptors (Lipinski definition) is 3. The van der Waals surface area contributed by atoms with Gasteiger partial charge in [-0.25, -0.2) is 4.90 Å². The van der Waals surface area contributed by atoms with Gasteiger partial charge in [0, 0.05) is 0 Å². The SMILES string of the molecule is CCSC1=C(c2ccc(C)cc2C)C(=O)N(c2ccc(C(F)(F)F)cc2)C1=O. The Kier molecular flexibility index (Phi) is 5.39. The maximum absolute atomic E-state index is 13.1. The van der Waals surface area contributed by atoms with Gasteiger partial charge in [-0.15, -0.1) is 11.8 Å². The van der Waals surface area contributed by atoms with Gasteiger partial charge in [0.15, 0.2) is 0 Å². The summed E-state index contributed by atoms with van der Waals surface area (Å²) in [7, 11) is 0. The van der Waals surface area contributed by atoms with Crippen molar-refractivity contribution in [3.8, 4) is 0 Å². The normalized spacial score (nSPS) is 15.0. The molecule has 2 aromatic carbocycles. The van der Waals surface area contributed by atoms with E-state index in [9.17, 15) is 22.8 Å². The van der Waals surface area contributed by atoms with Gasteiger partial charge in [0.1, 0.15) is 0 Å². The molecule has 0 N–H and O–H groups in total. The van der Waals surface area contributed by atoms with Crippen molar-refractivity contribution in [1.82, 2.24) is 0 Å². The second-order valence-electron chi connectivity index (χ2n) is 6.45. The number of amides is 2. The van der Waals surface area contributed by atoms with Gasteiger partial charge >= 0.3 is 6.18 Å². The molecule has 2 amide bonds. The van der Waals surface area contributed by atoms with Gasteiger partial charge in [-0.2, -0.15) is 13.2 Å². The number of halogens is 3. The lowest BCUT2D eigenvalue weighted by molar-refractivity contribution is -0.137. The first kappa shape index (κ1) is 20.2. The summed E-state index contributed by atoms with van der Waals surface area (Å²) in [6.45, 7) is 5.67. The van der Waals surface area contributed by atoms with Gasteiger partial charge in [-0.3, -0.25) is 9.59 Å². The molecule has 2 aromatic rings. The summed E-state index contributed by atoms with van der Waals surface area (Å²) in [6, 6.07) is 9.64. The maximum Gasteiger partial charge on any atom is 0.416 e.